The third-order valence-electron chi connectivity index (χ3n) is 5.16. The van der Waals surface area contributed by atoms with E-state index >= 15 is 0 Å². The molecule has 0 bridgehead atoms. The van der Waals surface area contributed by atoms with Crippen molar-refractivity contribution in [1.82, 2.24) is 4.90 Å². The van der Waals surface area contributed by atoms with Gasteiger partial charge in [-0.15, -0.1) is 0 Å². The van der Waals surface area contributed by atoms with E-state index in [1.807, 2.05) is 12.1 Å². The van der Waals surface area contributed by atoms with Gasteiger partial charge in [0.15, 0.2) is 0 Å². The number of rotatable bonds is 6. The first kappa shape index (κ1) is 18.6. The van der Waals surface area contributed by atoms with E-state index in [0.29, 0.717) is 24.3 Å². The van der Waals surface area contributed by atoms with Gasteiger partial charge in [0.1, 0.15) is 11.5 Å². The molecule has 0 saturated carbocycles. The second-order valence-electron chi connectivity index (χ2n) is 7.45. The summed E-state index contributed by atoms with van der Waals surface area (Å²) < 4.78 is 5.42. The molecule has 26 heavy (non-hydrogen) atoms. The van der Waals surface area contributed by atoms with Gasteiger partial charge in [0, 0.05) is 30.4 Å². The minimum absolute atomic E-state index is 0.309. The van der Waals surface area contributed by atoms with E-state index in [-0.39, 0.29) is 0 Å². The fourth-order valence-electron chi connectivity index (χ4n) is 3.64. The van der Waals surface area contributed by atoms with E-state index in [4.69, 9.17) is 4.74 Å². The lowest BCUT2D eigenvalue weighted by molar-refractivity contribution is 0.204. The number of benzene rings is 2. The van der Waals surface area contributed by atoms with Crippen LogP contribution in [0.5, 0.6) is 11.5 Å². The Kier molecular flexibility index (Phi) is 6.04. The van der Waals surface area contributed by atoms with Crippen LogP contribution in [-0.4, -0.2) is 36.2 Å². The molecular weight excluding hydrogens is 324 g/mol. The topological polar surface area (TPSA) is 44.7 Å². The first-order chi connectivity index (χ1) is 12.6. The summed E-state index contributed by atoms with van der Waals surface area (Å²) in [6.45, 7) is 7.15. The van der Waals surface area contributed by atoms with Gasteiger partial charge in [0.05, 0.1) is 7.11 Å². The first-order valence-corrected chi connectivity index (χ1v) is 9.50. The van der Waals surface area contributed by atoms with Gasteiger partial charge in [-0.3, -0.25) is 4.90 Å². The molecule has 140 valence electrons. The molecule has 3 rings (SSSR count). The molecule has 4 nitrogen and oxygen atoms in total. The number of hydrogen-bond donors (Lipinski definition) is 2. The maximum Gasteiger partial charge on any atom is 0.127 e. The number of nitrogens with one attached hydrogen (secondary N) is 1. The first-order valence-electron chi connectivity index (χ1n) is 9.50. The van der Waals surface area contributed by atoms with Crippen LogP contribution in [0, 0.1) is 0 Å². The Hall–Kier alpha value is -2.20. The lowest BCUT2D eigenvalue weighted by Crippen LogP contribution is -2.41. The number of nitrogens with zero attached hydrogens (tertiary/aromatic N) is 1. The Bertz CT molecular complexity index is 713. The third-order valence-corrected chi connectivity index (χ3v) is 5.16. The number of methoxy groups -OCH3 is 1. The molecule has 1 aliphatic heterocycles. The Balaban J connectivity index is 1.62. The van der Waals surface area contributed by atoms with E-state index in [0.717, 1.165) is 30.8 Å². The van der Waals surface area contributed by atoms with Crippen LogP contribution in [0.15, 0.2) is 42.5 Å². The van der Waals surface area contributed by atoms with Gasteiger partial charge in [-0.25, -0.2) is 0 Å². The zero-order chi connectivity index (χ0) is 18.5. The van der Waals surface area contributed by atoms with Crippen LogP contribution >= 0.6 is 0 Å². The number of ether oxygens (including phenoxy) is 1. The molecule has 0 aromatic heterocycles. The minimum atomic E-state index is 0.309. The van der Waals surface area contributed by atoms with E-state index < -0.39 is 0 Å². The highest BCUT2D eigenvalue weighted by Crippen LogP contribution is 2.30. The highest BCUT2D eigenvalue weighted by atomic mass is 16.5. The summed E-state index contributed by atoms with van der Waals surface area (Å²) >= 11 is 0. The van der Waals surface area contributed by atoms with E-state index in [9.17, 15) is 5.11 Å². The zero-order valence-corrected chi connectivity index (χ0v) is 16.0. The fourth-order valence-corrected chi connectivity index (χ4v) is 3.64. The average molecular weight is 354 g/mol. The van der Waals surface area contributed by atoms with Crippen molar-refractivity contribution in [2.24, 2.45) is 0 Å². The molecule has 1 unspecified atom stereocenters. The van der Waals surface area contributed by atoms with Gasteiger partial charge in [-0.05, 0) is 55.1 Å². The van der Waals surface area contributed by atoms with Gasteiger partial charge in [0.25, 0.3) is 0 Å². The van der Waals surface area contributed by atoms with Crippen LogP contribution in [-0.2, 0) is 6.54 Å². The van der Waals surface area contributed by atoms with Gasteiger partial charge in [0.2, 0.25) is 0 Å². The molecule has 1 fully saturated rings. The summed E-state index contributed by atoms with van der Waals surface area (Å²) in [5, 5.41) is 13.9. The lowest BCUT2D eigenvalue weighted by Gasteiger charge is -2.34. The van der Waals surface area contributed by atoms with Crippen molar-refractivity contribution in [3.05, 3.63) is 53.6 Å². The predicted molar refractivity (Wildman–Crippen MR) is 107 cm³/mol. The molecule has 2 aromatic carbocycles. The Morgan fingerprint density at radius 1 is 1.19 bits per heavy atom. The van der Waals surface area contributed by atoms with Gasteiger partial charge >= 0.3 is 0 Å². The Labute approximate surface area is 156 Å². The summed E-state index contributed by atoms with van der Waals surface area (Å²) in [7, 11) is 1.65. The Morgan fingerprint density at radius 2 is 1.96 bits per heavy atom. The summed E-state index contributed by atoms with van der Waals surface area (Å²) in [6.07, 6.45) is 2.32. The second kappa shape index (κ2) is 8.45. The monoisotopic (exact) mass is 354 g/mol. The number of piperidine rings is 1. The SMILES string of the molecule is COc1cccc(O)c1CN1CCCC(Nc2ccc(C(C)C)cc2)C1. The van der Waals surface area contributed by atoms with Crippen molar-refractivity contribution < 1.29 is 9.84 Å². The number of likely N-dealkylation sites (tertiary alicyclic amines) is 1. The average Bonchev–Trinajstić information content (AvgIpc) is 2.64. The van der Waals surface area contributed by atoms with E-state index in [1.165, 1.54) is 17.7 Å². The van der Waals surface area contributed by atoms with Crippen molar-refractivity contribution in [3.8, 4) is 11.5 Å². The molecule has 0 amide bonds. The van der Waals surface area contributed by atoms with Crippen molar-refractivity contribution in [3.63, 3.8) is 0 Å². The second-order valence-corrected chi connectivity index (χ2v) is 7.45. The normalized spacial score (nSPS) is 18.1. The molecular formula is C22H30N2O2. The lowest BCUT2D eigenvalue weighted by atomic mass is 10.0. The molecule has 2 aromatic rings. The smallest absolute Gasteiger partial charge is 0.127 e. The highest BCUT2D eigenvalue weighted by molar-refractivity contribution is 5.46. The molecule has 0 aliphatic carbocycles. The third kappa shape index (κ3) is 4.50. The summed E-state index contributed by atoms with van der Waals surface area (Å²) in [5.74, 6) is 1.62. The molecule has 1 heterocycles. The quantitative estimate of drug-likeness (QED) is 0.796. The number of hydrogen-bond acceptors (Lipinski definition) is 4. The van der Waals surface area contributed by atoms with Crippen molar-refractivity contribution >= 4 is 5.69 Å². The van der Waals surface area contributed by atoms with Crippen LogP contribution in [0.2, 0.25) is 0 Å². The molecule has 1 aliphatic rings. The number of aromatic hydroxyl groups is 1. The summed E-state index contributed by atoms with van der Waals surface area (Å²) in [5.41, 5.74) is 3.42. The van der Waals surface area contributed by atoms with Gasteiger partial charge < -0.3 is 15.2 Å². The Morgan fingerprint density at radius 3 is 2.65 bits per heavy atom. The molecule has 1 saturated heterocycles. The fraction of sp³-hybridized carbons (Fsp3) is 0.455. The van der Waals surface area contributed by atoms with Crippen LogP contribution < -0.4 is 10.1 Å². The zero-order valence-electron chi connectivity index (χ0n) is 16.0. The van der Waals surface area contributed by atoms with Crippen LogP contribution in [0.4, 0.5) is 5.69 Å². The summed E-state index contributed by atoms with van der Waals surface area (Å²) in [6, 6.07) is 14.7. The number of anilines is 1. The van der Waals surface area contributed by atoms with Crippen molar-refractivity contribution in [2.75, 3.05) is 25.5 Å². The summed E-state index contributed by atoms with van der Waals surface area (Å²) in [4.78, 5) is 2.39. The maximum atomic E-state index is 10.2. The van der Waals surface area contributed by atoms with E-state index in [1.54, 1.807) is 13.2 Å². The molecule has 1 atom stereocenters. The molecule has 0 spiro atoms. The van der Waals surface area contributed by atoms with Crippen LogP contribution in [0.3, 0.4) is 0 Å². The maximum absolute atomic E-state index is 10.2. The minimum Gasteiger partial charge on any atom is -0.507 e. The van der Waals surface area contributed by atoms with E-state index in [2.05, 4.69) is 48.3 Å². The molecule has 4 heteroatoms. The standard InChI is InChI=1S/C22H30N2O2/c1-16(2)17-9-11-18(12-10-17)23-19-6-5-13-24(14-19)15-20-21(25)7-4-8-22(20)26-3/h4,7-12,16,19,23,25H,5-6,13-15H2,1-3H3. The molecule has 0 radical (unpaired) electrons. The number of phenols is 1. The van der Waals surface area contributed by atoms with Gasteiger partial charge in [-0.1, -0.05) is 32.0 Å². The highest BCUT2D eigenvalue weighted by Gasteiger charge is 2.22. The number of phenolic OH excluding ortho intramolecular Hbond substituents is 1. The molecule has 2 N–H and O–H groups in total. The van der Waals surface area contributed by atoms with Crippen LogP contribution in [0.1, 0.15) is 43.7 Å². The van der Waals surface area contributed by atoms with Crippen molar-refractivity contribution in [2.45, 2.75) is 45.2 Å². The predicted octanol–water partition coefficient (Wildman–Crippen LogP) is 4.60. The largest absolute Gasteiger partial charge is 0.507 e. The van der Waals surface area contributed by atoms with Crippen LogP contribution in [0.25, 0.3) is 0 Å². The van der Waals surface area contributed by atoms with Gasteiger partial charge in [-0.2, -0.15) is 0 Å². The van der Waals surface area contributed by atoms with Crippen molar-refractivity contribution in [1.29, 1.82) is 0 Å².